The van der Waals surface area contributed by atoms with Crippen LogP contribution in [0.1, 0.15) is 12.8 Å². The van der Waals surface area contributed by atoms with Crippen molar-refractivity contribution in [2.24, 2.45) is 11.5 Å². The topological polar surface area (TPSA) is 165 Å². The molecule has 0 aromatic carbocycles. The summed E-state index contributed by atoms with van der Waals surface area (Å²) < 4.78 is 0. The van der Waals surface area contributed by atoms with E-state index in [1.165, 1.54) is 0 Å². The Kier molecular flexibility index (Phi) is 7.05. The van der Waals surface area contributed by atoms with Gasteiger partial charge in [-0.1, -0.05) is 0 Å². The predicted molar refractivity (Wildman–Crippen MR) is 60.1 cm³/mol. The fourth-order valence-corrected chi connectivity index (χ4v) is 0.964. The number of nitrogens with two attached hydrogens (primary N) is 2. The Hall–Kier alpha value is -2.16. The van der Waals surface area contributed by atoms with Crippen LogP contribution in [-0.4, -0.2) is 47.9 Å². The zero-order chi connectivity index (χ0) is 14.1. The van der Waals surface area contributed by atoms with Crippen LogP contribution in [0.2, 0.25) is 0 Å². The maximum atomic E-state index is 11.3. The Bertz CT molecular complexity index is 344. The third-order valence-electron chi connectivity index (χ3n) is 1.90. The molecule has 0 saturated carbocycles. The van der Waals surface area contributed by atoms with Gasteiger partial charge < -0.3 is 27.2 Å². The van der Waals surface area contributed by atoms with Crippen molar-refractivity contribution in [1.29, 1.82) is 0 Å². The molecule has 0 heterocycles. The van der Waals surface area contributed by atoms with Crippen molar-refractivity contribution in [3.63, 3.8) is 0 Å². The number of hydrogen-bond acceptors (Lipinski definition) is 5. The van der Waals surface area contributed by atoms with Crippen LogP contribution >= 0.6 is 0 Å². The van der Waals surface area contributed by atoms with Gasteiger partial charge in [-0.15, -0.1) is 0 Å². The average Bonchev–Trinajstić information content (AvgIpc) is 2.30. The molecule has 0 radical (unpaired) electrons. The molecule has 9 nitrogen and oxygen atoms in total. The number of carboxylic acid groups (broad SMARTS) is 1. The molecule has 0 bridgehead atoms. The van der Waals surface area contributed by atoms with E-state index in [4.69, 9.17) is 16.6 Å². The van der Waals surface area contributed by atoms with Gasteiger partial charge in [-0.3, -0.25) is 19.2 Å². The number of rotatable bonds is 8. The Morgan fingerprint density at radius 1 is 1.11 bits per heavy atom. The second-order valence-electron chi connectivity index (χ2n) is 3.50. The fraction of sp³-hybridized carbons (Fsp3) is 0.556. The van der Waals surface area contributed by atoms with Gasteiger partial charge in [0.25, 0.3) is 0 Å². The minimum absolute atomic E-state index is 0.0280. The zero-order valence-corrected chi connectivity index (χ0v) is 9.64. The Balaban J connectivity index is 3.84. The first kappa shape index (κ1) is 15.8. The van der Waals surface area contributed by atoms with Crippen LogP contribution in [0, 0.1) is 0 Å². The highest BCUT2D eigenvalue weighted by Gasteiger charge is 2.15. The van der Waals surface area contributed by atoms with E-state index in [0.29, 0.717) is 0 Å². The fourth-order valence-electron chi connectivity index (χ4n) is 0.964. The maximum absolute atomic E-state index is 11.3. The summed E-state index contributed by atoms with van der Waals surface area (Å²) in [6.45, 7) is -0.904. The summed E-state index contributed by atoms with van der Waals surface area (Å²) in [6.07, 6.45) is 0.0533. The van der Waals surface area contributed by atoms with Crippen LogP contribution in [0.3, 0.4) is 0 Å². The molecular weight excluding hydrogens is 244 g/mol. The third kappa shape index (κ3) is 8.05. The molecule has 1 atom stereocenters. The first-order chi connectivity index (χ1) is 8.32. The van der Waals surface area contributed by atoms with Gasteiger partial charge in [0.2, 0.25) is 17.7 Å². The van der Waals surface area contributed by atoms with Crippen molar-refractivity contribution in [3.8, 4) is 0 Å². The summed E-state index contributed by atoms with van der Waals surface area (Å²) in [5.74, 6) is -3.01. The molecule has 0 fully saturated rings. The van der Waals surface area contributed by atoms with Gasteiger partial charge in [-0.25, -0.2) is 0 Å². The van der Waals surface area contributed by atoms with Gasteiger partial charge in [-0.05, 0) is 6.42 Å². The van der Waals surface area contributed by atoms with E-state index in [-0.39, 0.29) is 19.4 Å². The van der Waals surface area contributed by atoms with Crippen molar-refractivity contribution >= 4 is 23.7 Å². The van der Waals surface area contributed by atoms with Crippen LogP contribution in [0.5, 0.6) is 0 Å². The molecule has 0 rings (SSSR count). The third-order valence-corrected chi connectivity index (χ3v) is 1.90. The van der Waals surface area contributed by atoms with Crippen molar-refractivity contribution < 1.29 is 24.3 Å². The lowest BCUT2D eigenvalue weighted by molar-refractivity contribution is -0.137. The van der Waals surface area contributed by atoms with Crippen LogP contribution in [0.15, 0.2) is 0 Å². The smallest absolute Gasteiger partial charge is 0.322 e. The van der Waals surface area contributed by atoms with Crippen molar-refractivity contribution in [1.82, 2.24) is 10.6 Å². The van der Waals surface area contributed by atoms with E-state index in [2.05, 4.69) is 10.6 Å². The van der Waals surface area contributed by atoms with Gasteiger partial charge >= 0.3 is 5.97 Å². The lowest BCUT2D eigenvalue weighted by Crippen LogP contribution is -2.45. The standard InChI is InChI=1S/C9H16N4O5/c10-5(1-2-6(11)14)9(18)13-3-7(15)12-4-8(16)17/h5H,1-4,10H2,(H2,11,14)(H,12,15)(H,13,18)(H,16,17). The summed E-state index contributed by atoms with van der Waals surface area (Å²) in [4.78, 5) is 42.9. The number of aliphatic carboxylic acids is 1. The molecule has 0 aromatic heterocycles. The number of primary amides is 1. The number of hydrogen-bond donors (Lipinski definition) is 5. The molecular formula is C9H16N4O5. The molecule has 0 aliphatic heterocycles. The van der Waals surface area contributed by atoms with Gasteiger partial charge in [0.1, 0.15) is 6.54 Å². The summed E-state index contributed by atoms with van der Waals surface area (Å²) in [6, 6.07) is -0.940. The first-order valence-corrected chi connectivity index (χ1v) is 5.13. The summed E-state index contributed by atoms with van der Waals surface area (Å²) in [7, 11) is 0. The summed E-state index contributed by atoms with van der Waals surface area (Å²) >= 11 is 0. The van der Waals surface area contributed by atoms with Crippen molar-refractivity contribution in [2.75, 3.05) is 13.1 Å². The molecule has 9 heteroatoms. The largest absolute Gasteiger partial charge is 0.480 e. The van der Waals surface area contributed by atoms with Gasteiger partial charge in [0.05, 0.1) is 12.6 Å². The van der Waals surface area contributed by atoms with E-state index in [9.17, 15) is 19.2 Å². The maximum Gasteiger partial charge on any atom is 0.322 e. The highest BCUT2D eigenvalue weighted by molar-refractivity contribution is 5.88. The number of carboxylic acids is 1. The van der Waals surface area contributed by atoms with Crippen LogP contribution in [0.4, 0.5) is 0 Å². The normalized spacial score (nSPS) is 11.4. The van der Waals surface area contributed by atoms with Crippen molar-refractivity contribution in [2.45, 2.75) is 18.9 Å². The second-order valence-corrected chi connectivity index (χ2v) is 3.50. The molecule has 0 aliphatic carbocycles. The van der Waals surface area contributed by atoms with Gasteiger partial charge in [0.15, 0.2) is 0 Å². The summed E-state index contributed by atoms with van der Waals surface area (Å²) in [5, 5.41) is 12.6. The number of amides is 3. The predicted octanol–water partition coefficient (Wildman–Crippen LogP) is -3.10. The molecule has 0 saturated heterocycles. The van der Waals surface area contributed by atoms with E-state index in [1.807, 2.05) is 0 Å². The molecule has 7 N–H and O–H groups in total. The Morgan fingerprint density at radius 2 is 1.72 bits per heavy atom. The molecule has 3 amide bonds. The first-order valence-electron chi connectivity index (χ1n) is 5.13. The molecule has 102 valence electrons. The van der Waals surface area contributed by atoms with E-state index < -0.39 is 36.3 Å². The highest BCUT2D eigenvalue weighted by atomic mass is 16.4. The van der Waals surface area contributed by atoms with Gasteiger partial charge in [0, 0.05) is 6.42 Å². The van der Waals surface area contributed by atoms with Crippen LogP contribution in [-0.2, 0) is 19.2 Å². The minimum atomic E-state index is -1.19. The zero-order valence-electron chi connectivity index (χ0n) is 9.64. The van der Waals surface area contributed by atoms with E-state index >= 15 is 0 Å². The lowest BCUT2D eigenvalue weighted by atomic mass is 10.1. The molecule has 0 aliphatic rings. The molecule has 0 spiro atoms. The molecule has 0 aromatic rings. The second kappa shape index (κ2) is 8.01. The minimum Gasteiger partial charge on any atom is -0.480 e. The van der Waals surface area contributed by atoms with Crippen LogP contribution < -0.4 is 22.1 Å². The average molecular weight is 260 g/mol. The number of carbonyl (C=O) groups excluding carboxylic acids is 3. The molecule has 18 heavy (non-hydrogen) atoms. The monoisotopic (exact) mass is 260 g/mol. The Labute approximate surface area is 103 Å². The van der Waals surface area contributed by atoms with E-state index in [0.717, 1.165) is 0 Å². The SMILES string of the molecule is NC(=O)CCC(N)C(=O)NCC(=O)NCC(=O)O. The van der Waals surface area contributed by atoms with Crippen molar-refractivity contribution in [3.05, 3.63) is 0 Å². The number of nitrogens with one attached hydrogen (secondary N) is 2. The van der Waals surface area contributed by atoms with E-state index in [1.54, 1.807) is 0 Å². The highest BCUT2D eigenvalue weighted by Crippen LogP contribution is 1.93. The van der Waals surface area contributed by atoms with Gasteiger partial charge in [-0.2, -0.15) is 0 Å². The number of carbonyl (C=O) groups is 4. The molecule has 1 unspecified atom stereocenters. The summed E-state index contributed by atoms with van der Waals surface area (Å²) in [5.41, 5.74) is 10.3. The lowest BCUT2D eigenvalue weighted by Gasteiger charge is -2.10. The van der Waals surface area contributed by atoms with Crippen LogP contribution in [0.25, 0.3) is 0 Å². The quantitative estimate of drug-likeness (QED) is 0.310. The Morgan fingerprint density at radius 3 is 2.22 bits per heavy atom.